The Hall–Kier alpha value is -2.37. The molecule has 2 aromatic heterocycles. The zero-order chi connectivity index (χ0) is 18.1. The van der Waals surface area contributed by atoms with Crippen LogP contribution < -0.4 is 0 Å². The molecule has 0 aliphatic rings. The molecular weight excluding hydrogens is 410 g/mol. The van der Waals surface area contributed by atoms with Crippen LogP contribution in [0.3, 0.4) is 0 Å². The van der Waals surface area contributed by atoms with Crippen molar-refractivity contribution in [2.75, 3.05) is 7.11 Å². The molecule has 0 spiro atoms. The first-order valence-electron chi connectivity index (χ1n) is 8.16. The van der Waals surface area contributed by atoms with E-state index in [1.54, 1.807) is 11.3 Å². The number of fused-ring (bicyclic) bond motifs is 1. The zero-order valence-corrected chi connectivity index (χ0v) is 16.5. The van der Waals surface area contributed by atoms with Gasteiger partial charge in [0.05, 0.1) is 21.8 Å². The number of nitrogens with zero attached hydrogens (tertiary/aromatic N) is 1. The van der Waals surface area contributed by atoms with Crippen molar-refractivity contribution in [1.82, 2.24) is 4.57 Å². The molecule has 26 heavy (non-hydrogen) atoms. The highest BCUT2D eigenvalue weighted by molar-refractivity contribution is 9.10. The molecule has 0 saturated heterocycles. The number of thiophene rings is 1. The van der Waals surface area contributed by atoms with Crippen molar-refractivity contribution in [3.8, 4) is 11.1 Å². The number of esters is 1. The van der Waals surface area contributed by atoms with E-state index in [0.29, 0.717) is 12.2 Å². The number of halogens is 1. The third kappa shape index (κ3) is 3.08. The number of hydrogen-bond donors (Lipinski definition) is 0. The molecule has 0 bridgehead atoms. The van der Waals surface area contributed by atoms with Crippen molar-refractivity contribution in [2.45, 2.75) is 6.54 Å². The van der Waals surface area contributed by atoms with Crippen LogP contribution in [-0.2, 0) is 11.3 Å². The van der Waals surface area contributed by atoms with Crippen LogP contribution >= 0.6 is 27.3 Å². The largest absolute Gasteiger partial charge is 0.464 e. The highest BCUT2D eigenvalue weighted by atomic mass is 79.9. The lowest BCUT2D eigenvalue weighted by atomic mass is 10.0. The van der Waals surface area contributed by atoms with Gasteiger partial charge in [0.2, 0.25) is 0 Å². The first-order valence-corrected chi connectivity index (χ1v) is 9.83. The van der Waals surface area contributed by atoms with Crippen LogP contribution in [0.15, 0.2) is 70.5 Å². The molecule has 2 heterocycles. The lowest BCUT2D eigenvalue weighted by Crippen LogP contribution is -2.11. The Morgan fingerprint density at radius 1 is 1.08 bits per heavy atom. The molecule has 0 atom stereocenters. The van der Waals surface area contributed by atoms with Gasteiger partial charge in [-0.15, -0.1) is 11.3 Å². The number of rotatable bonds is 4. The Morgan fingerprint density at radius 2 is 1.77 bits per heavy atom. The molecule has 4 aromatic rings. The minimum absolute atomic E-state index is 0.318. The quantitative estimate of drug-likeness (QED) is 0.377. The van der Waals surface area contributed by atoms with Crippen molar-refractivity contribution in [3.05, 3.63) is 81.8 Å². The van der Waals surface area contributed by atoms with E-state index in [2.05, 4.69) is 52.3 Å². The monoisotopic (exact) mass is 425 g/mol. The van der Waals surface area contributed by atoms with Gasteiger partial charge in [-0.25, -0.2) is 4.79 Å². The maximum atomic E-state index is 12.2. The second kappa shape index (κ2) is 7.09. The van der Waals surface area contributed by atoms with Crippen LogP contribution in [-0.4, -0.2) is 17.6 Å². The Balaban J connectivity index is 1.71. The zero-order valence-electron chi connectivity index (χ0n) is 14.1. The van der Waals surface area contributed by atoms with Gasteiger partial charge in [0.15, 0.2) is 0 Å². The van der Waals surface area contributed by atoms with Crippen LogP contribution in [0.1, 0.15) is 16.1 Å². The first-order chi connectivity index (χ1) is 12.7. The summed E-state index contributed by atoms with van der Waals surface area (Å²) in [6.45, 7) is 0.609. The highest BCUT2D eigenvalue weighted by Gasteiger charge is 2.19. The van der Waals surface area contributed by atoms with Gasteiger partial charge in [-0.05, 0) is 38.7 Å². The van der Waals surface area contributed by atoms with E-state index in [0.717, 1.165) is 20.3 Å². The summed E-state index contributed by atoms with van der Waals surface area (Å²) >= 11 is 5.21. The summed E-state index contributed by atoms with van der Waals surface area (Å²) in [7, 11) is 1.41. The third-order valence-corrected chi connectivity index (χ3v) is 6.20. The van der Waals surface area contributed by atoms with Crippen LogP contribution in [0.5, 0.6) is 0 Å². The second-order valence-corrected chi connectivity index (χ2v) is 7.73. The lowest BCUT2D eigenvalue weighted by molar-refractivity contribution is 0.0589. The predicted octanol–water partition coefficient (Wildman–Crippen LogP) is 5.97. The van der Waals surface area contributed by atoms with E-state index >= 15 is 0 Å². The van der Waals surface area contributed by atoms with Gasteiger partial charge in [0.1, 0.15) is 5.69 Å². The van der Waals surface area contributed by atoms with Gasteiger partial charge in [-0.2, -0.15) is 0 Å². The summed E-state index contributed by atoms with van der Waals surface area (Å²) in [6, 6.07) is 20.6. The predicted molar refractivity (Wildman–Crippen MR) is 110 cm³/mol. The van der Waals surface area contributed by atoms with Crippen LogP contribution in [0.4, 0.5) is 0 Å². The van der Waals surface area contributed by atoms with Gasteiger partial charge < -0.3 is 9.30 Å². The average Bonchev–Trinajstić information content (AvgIpc) is 3.23. The van der Waals surface area contributed by atoms with E-state index in [1.165, 1.54) is 18.2 Å². The van der Waals surface area contributed by atoms with Crippen molar-refractivity contribution in [2.24, 2.45) is 0 Å². The third-order valence-electron chi connectivity index (χ3n) is 4.37. The standard InChI is InChI=1S/C21H16BrNO2S/c1-25-21(24)18-11-19-20(17(22)13-26-19)23(18)12-14-7-9-16(10-8-14)15-5-3-2-4-6-15/h2-11,13H,12H2,1H3. The van der Waals surface area contributed by atoms with E-state index in [9.17, 15) is 4.79 Å². The lowest BCUT2D eigenvalue weighted by Gasteiger charge is -2.10. The molecule has 0 N–H and O–H groups in total. The van der Waals surface area contributed by atoms with Crippen molar-refractivity contribution >= 4 is 43.5 Å². The summed E-state index contributed by atoms with van der Waals surface area (Å²) in [4.78, 5) is 12.2. The molecule has 0 fully saturated rings. The van der Waals surface area contributed by atoms with Crippen molar-refractivity contribution in [3.63, 3.8) is 0 Å². The van der Waals surface area contributed by atoms with E-state index in [4.69, 9.17) is 4.74 Å². The van der Waals surface area contributed by atoms with Crippen LogP contribution in [0, 0.1) is 0 Å². The molecule has 0 unspecified atom stereocenters. The fourth-order valence-corrected chi connectivity index (χ4v) is 4.78. The van der Waals surface area contributed by atoms with Gasteiger partial charge in [0.25, 0.3) is 0 Å². The molecule has 0 radical (unpaired) electrons. The maximum absolute atomic E-state index is 12.2. The fourth-order valence-electron chi connectivity index (χ4n) is 3.09. The molecule has 0 aliphatic heterocycles. The summed E-state index contributed by atoms with van der Waals surface area (Å²) in [5.41, 5.74) is 5.10. The number of aromatic nitrogens is 1. The fraction of sp³-hybridized carbons (Fsp3) is 0.0952. The maximum Gasteiger partial charge on any atom is 0.354 e. The molecular formula is C21H16BrNO2S. The van der Waals surface area contributed by atoms with Gasteiger partial charge in [-0.3, -0.25) is 0 Å². The van der Waals surface area contributed by atoms with E-state index in [1.807, 2.05) is 34.2 Å². The molecule has 4 rings (SSSR count). The Morgan fingerprint density at radius 3 is 2.46 bits per heavy atom. The number of benzene rings is 2. The number of ether oxygens (including phenoxy) is 1. The molecule has 130 valence electrons. The number of hydrogen-bond acceptors (Lipinski definition) is 3. The van der Waals surface area contributed by atoms with E-state index in [-0.39, 0.29) is 5.97 Å². The van der Waals surface area contributed by atoms with Crippen LogP contribution in [0.2, 0.25) is 0 Å². The molecule has 3 nitrogen and oxygen atoms in total. The van der Waals surface area contributed by atoms with Gasteiger partial charge in [0, 0.05) is 11.9 Å². The topological polar surface area (TPSA) is 31.2 Å². The first kappa shape index (κ1) is 17.1. The summed E-state index contributed by atoms with van der Waals surface area (Å²) in [6.07, 6.45) is 0. The molecule has 5 heteroatoms. The Bertz CT molecular complexity index is 1060. The molecule has 0 saturated carbocycles. The molecule has 0 amide bonds. The summed E-state index contributed by atoms with van der Waals surface area (Å²) in [5.74, 6) is -0.318. The second-order valence-electron chi connectivity index (χ2n) is 5.97. The van der Waals surface area contributed by atoms with Crippen molar-refractivity contribution < 1.29 is 9.53 Å². The van der Waals surface area contributed by atoms with Gasteiger partial charge in [-0.1, -0.05) is 54.6 Å². The number of carbonyl (C=O) groups excluding carboxylic acids is 1. The van der Waals surface area contributed by atoms with Gasteiger partial charge >= 0.3 is 5.97 Å². The highest BCUT2D eigenvalue weighted by Crippen LogP contribution is 2.34. The smallest absolute Gasteiger partial charge is 0.354 e. The average molecular weight is 426 g/mol. The van der Waals surface area contributed by atoms with Crippen LogP contribution in [0.25, 0.3) is 21.3 Å². The minimum atomic E-state index is -0.318. The Labute approximate surface area is 164 Å². The van der Waals surface area contributed by atoms with E-state index < -0.39 is 0 Å². The summed E-state index contributed by atoms with van der Waals surface area (Å²) < 4.78 is 9.03. The minimum Gasteiger partial charge on any atom is -0.464 e. The van der Waals surface area contributed by atoms with Crippen molar-refractivity contribution in [1.29, 1.82) is 0 Å². The number of carbonyl (C=O) groups is 1. The SMILES string of the molecule is COC(=O)c1cc2scc(Br)c2n1Cc1ccc(-c2ccccc2)cc1. The number of methoxy groups -OCH3 is 1. The summed E-state index contributed by atoms with van der Waals surface area (Å²) in [5, 5.41) is 2.04. The molecule has 0 aliphatic carbocycles. The Kier molecular flexibility index (Phi) is 4.66. The molecule has 2 aromatic carbocycles. The normalized spacial score (nSPS) is 11.0.